The summed E-state index contributed by atoms with van der Waals surface area (Å²) in [5.74, 6) is -0.298. The number of rotatable bonds is 3. The molecule has 0 aliphatic rings. The van der Waals surface area contributed by atoms with Crippen molar-refractivity contribution in [3.05, 3.63) is 59.5 Å². The Balaban J connectivity index is 2.01. The van der Waals surface area contributed by atoms with Crippen LogP contribution < -0.4 is 0 Å². The molecule has 3 rings (SSSR count). The van der Waals surface area contributed by atoms with Gasteiger partial charge in [0.25, 0.3) is 0 Å². The average Bonchev–Trinajstić information content (AvgIpc) is 2.90. The van der Waals surface area contributed by atoms with E-state index in [1.165, 1.54) is 22.1 Å². The number of ether oxygens (including phenoxy) is 1. The van der Waals surface area contributed by atoms with Crippen LogP contribution in [0.15, 0.2) is 63.7 Å². The Morgan fingerprint density at radius 2 is 1.80 bits per heavy atom. The molecule has 1 heterocycles. The summed E-state index contributed by atoms with van der Waals surface area (Å²) in [6, 6.07) is 15.8. The number of esters is 1. The molecule has 0 saturated carbocycles. The molecule has 0 amide bonds. The molecule has 0 aliphatic carbocycles. The predicted octanol–water partition coefficient (Wildman–Crippen LogP) is 4.84. The summed E-state index contributed by atoms with van der Waals surface area (Å²) in [7, 11) is 1.41. The van der Waals surface area contributed by atoms with Crippen LogP contribution in [0.4, 0.5) is 0 Å². The minimum Gasteiger partial charge on any atom is -0.465 e. The van der Waals surface area contributed by atoms with Crippen molar-refractivity contribution >= 4 is 39.2 Å². The van der Waals surface area contributed by atoms with E-state index in [0.29, 0.717) is 5.56 Å². The Labute approximate surface area is 125 Å². The van der Waals surface area contributed by atoms with Crippen molar-refractivity contribution in [2.45, 2.75) is 9.79 Å². The van der Waals surface area contributed by atoms with Gasteiger partial charge in [-0.1, -0.05) is 42.1 Å². The normalized spacial score (nSPS) is 10.7. The summed E-state index contributed by atoms with van der Waals surface area (Å²) in [6.45, 7) is 0. The van der Waals surface area contributed by atoms with Crippen LogP contribution in [0.5, 0.6) is 0 Å². The fourth-order valence-electron chi connectivity index (χ4n) is 1.99. The third kappa shape index (κ3) is 2.44. The van der Waals surface area contributed by atoms with Crippen molar-refractivity contribution in [1.29, 1.82) is 0 Å². The number of carbonyl (C=O) groups excluding carboxylic acids is 1. The van der Waals surface area contributed by atoms with E-state index in [1.54, 1.807) is 29.2 Å². The first-order valence-corrected chi connectivity index (χ1v) is 7.80. The molecule has 0 N–H and O–H groups in total. The highest BCUT2D eigenvalue weighted by atomic mass is 32.2. The molecular weight excluding hydrogens is 288 g/mol. The minimum absolute atomic E-state index is 0.298. The molecular formula is C16H12O2S2. The zero-order chi connectivity index (χ0) is 13.9. The van der Waals surface area contributed by atoms with Crippen molar-refractivity contribution < 1.29 is 9.53 Å². The summed E-state index contributed by atoms with van der Waals surface area (Å²) in [5.41, 5.74) is 0.607. The van der Waals surface area contributed by atoms with Crippen LogP contribution in [-0.4, -0.2) is 13.1 Å². The molecule has 0 aliphatic heterocycles. The highest BCUT2D eigenvalue weighted by Gasteiger charge is 2.13. The van der Waals surface area contributed by atoms with Gasteiger partial charge >= 0.3 is 5.97 Å². The van der Waals surface area contributed by atoms with E-state index in [2.05, 4.69) is 17.5 Å². The third-order valence-electron chi connectivity index (χ3n) is 2.96. The summed E-state index contributed by atoms with van der Waals surface area (Å²) < 4.78 is 6.09. The SMILES string of the molecule is COC(=O)c1ccccc1Sc1csc2ccccc12. The van der Waals surface area contributed by atoms with Crippen LogP contribution in [0.1, 0.15) is 10.4 Å². The van der Waals surface area contributed by atoms with E-state index in [4.69, 9.17) is 4.74 Å². The lowest BCUT2D eigenvalue weighted by molar-refractivity contribution is 0.0597. The second-order valence-corrected chi connectivity index (χ2v) is 6.18. The zero-order valence-corrected chi connectivity index (χ0v) is 12.5. The van der Waals surface area contributed by atoms with Gasteiger partial charge < -0.3 is 4.74 Å². The van der Waals surface area contributed by atoms with Gasteiger partial charge in [0.05, 0.1) is 12.7 Å². The lowest BCUT2D eigenvalue weighted by Gasteiger charge is -2.06. The topological polar surface area (TPSA) is 26.3 Å². The second kappa shape index (κ2) is 5.69. The third-order valence-corrected chi connectivity index (χ3v) is 5.20. The standard InChI is InChI=1S/C16H12O2S2/c1-18-16(17)12-7-3-5-9-14(12)20-15-10-19-13-8-4-2-6-11(13)15/h2-10H,1H3. The van der Waals surface area contributed by atoms with Crippen molar-refractivity contribution in [1.82, 2.24) is 0 Å². The van der Waals surface area contributed by atoms with Gasteiger partial charge in [-0.25, -0.2) is 4.79 Å². The molecule has 0 unspecified atom stereocenters. The van der Waals surface area contributed by atoms with Crippen LogP contribution in [0.25, 0.3) is 10.1 Å². The Morgan fingerprint density at radius 1 is 1.05 bits per heavy atom. The second-order valence-electron chi connectivity index (χ2n) is 4.19. The number of hydrogen-bond donors (Lipinski definition) is 0. The lowest BCUT2D eigenvalue weighted by atomic mass is 10.2. The fraction of sp³-hybridized carbons (Fsp3) is 0.0625. The van der Waals surface area contributed by atoms with Gasteiger partial charge in [0, 0.05) is 25.3 Å². The average molecular weight is 300 g/mol. The monoisotopic (exact) mass is 300 g/mol. The van der Waals surface area contributed by atoms with E-state index in [1.807, 2.05) is 30.3 Å². The predicted molar refractivity (Wildman–Crippen MR) is 83.7 cm³/mol. The summed E-state index contributed by atoms with van der Waals surface area (Å²) in [5, 5.41) is 3.35. The molecule has 0 radical (unpaired) electrons. The molecule has 0 atom stereocenters. The van der Waals surface area contributed by atoms with E-state index < -0.39 is 0 Å². The highest BCUT2D eigenvalue weighted by molar-refractivity contribution is 7.99. The van der Waals surface area contributed by atoms with Gasteiger partial charge in [-0.05, 0) is 18.2 Å². The molecule has 20 heavy (non-hydrogen) atoms. The molecule has 0 spiro atoms. The van der Waals surface area contributed by atoms with Gasteiger partial charge in [-0.2, -0.15) is 0 Å². The van der Waals surface area contributed by atoms with E-state index in [0.717, 1.165) is 4.90 Å². The summed E-state index contributed by atoms with van der Waals surface area (Å²) >= 11 is 3.32. The van der Waals surface area contributed by atoms with Gasteiger partial charge in [0.1, 0.15) is 0 Å². The van der Waals surface area contributed by atoms with Crippen LogP contribution in [-0.2, 0) is 4.74 Å². The lowest BCUT2D eigenvalue weighted by Crippen LogP contribution is -2.02. The van der Waals surface area contributed by atoms with Crippen molar-refractivity contribution in [3.63, 3.8) is 0 Å². The molecule has 3 aromatic rings. The number of benzene rings is 2. The molecule has 100 valence electrons. The van der Waals surface area contributed by atoms with Crippen LogP contribution in [0, 0.1) is 0 Å². The smallest absolute Gasteiger partial charge is 0.339 e. The van der Waals surface area contributed by atoms with Crippen LogP contribution >= 0.6 is 23.1 Å². The number of fused-ring (bicyclic) bond motifs is 1. The van der Waals surface area contributed by atoms with Crippen LogP contribution in [0.3, 0.4) is 0 Å². The number of carbonyl (C=O) groups is 1. The van der Waals surface area contributed by atoms with Crippen molar-refractivity contribution in [3.8, 4) is 0 Å². The Kier molecular flexibility index (Phi) is 3.76. The maximum Gasteiger partial charge on any atom is 0.339 e. The summed E-state index contributed by atoms with van der Waals surface area (Å²) in [6.07, 6.45) is 0. The first-order chi connectivity index (χ1) is 9.79. The molecule has 0 fully saturated rings. The quantitative estimate of drug-likeness (QED) is 0.647. The largest absolute Gasteiger partial charge is 0.465 e. The summed E-state index contributed by atoms with van der Waals surface area (Å²) in [4.78, 5) is 13.9. The van der Waals surface area contributed by atoms with E-state index in [9.17, 15) is 4.79 Å². The number of methoxy groups -OCH3 is 1. The first kappa shape index (κ1) is 13.2. The fourth-order valence-corrected chi connectivity index (χ4v) is 4.14. The zero-order valence-electron chi connectivity index (χ0n) is 10.8. The Morgan fingerprint density at radius 3 is 2.65 bits per heavy atom. The molecule has 4 heteroatoms. The minimum atomic E-state index is -0.298. The maximum atomic E-state index is 11.8. The van der Waals surface area contributed by atoms with Gasteiger partial charge in [-0.3, -0.25) is 0 Å². The maximum absolute atomic E-state index is 11.8. The Bertz CT molecular complexity index is 762. The first-order valence-electron chi connectivity index (χ1n) is 6.11. The van der Waals surface area contributed by atoms with Gasteiger partial charge in [-0.15, -0.1) is 11.3 Å². The Hall–Kier alpha value is -1.78. The number of thiophene rings is 1. The van der Waals surface area contributed by atoms with Crippen LogP contribution in [0.2, 0.25) is 0 Å². The van der Waals surface area contributed by atoms with Gasteiger partial charge in [0.2, 0.25) is 0 Å². The molecule has 2 nitrogen and oxygen atoms in total. The van der Waals surface area contributed by atoms with Crippen molar-refractivity contribution in [2.24, 2.45) is 0 Å². The van der Waals surface area contributed by atoms with Gasteiger partial charge in [0.15, 0.2) is 0 Å². The van der Waals surface area contributed by atoms with Crippen molar-refractivity contribution in [2.75, 3.05) is 7.11 Å². The number of hydrogen-bond acceptors (Lipinski definition) is 4. The highest BCUT2D eigenvalue weighted by Crippen LogP contribution is 2.38. The van der Waals surface area contributed by atoms with E-state index in [-0.39, 0.29) is 5.97 Å². The molecule has 0 saturated heterocycles. The molecule has 0 bridgehead atoms. The van der Waals surface area contributed by atoms with E-state index >= 15 is 0 Å². The molecule has 2 aromatic carbocycles. The molecule has 1 aromatic heterocycles.